The van der Waals surface area contributed by atoms with Gasteiger partial charge in [-0.1, -0.05) is 29.8 Å². The predicted octanol–water partition coefficient (Wildman–Crippen LogP) is 5.70. The number of hydrogen-bond acceptors (Lipinski definition) is 6. The molecule has 3 aromatic carbocycles. The Bertz CT molecular complexity index is 1470. The summed E-state index contributed by atoms with van der Waals surface area (Å²) in [6, 6.07) is 17.7. The lowest BCUT2D eigenvalue weighted by Gasteiger charge is -2.16. The van der Waals surface area contributed by atoms with Crippen LogP contribution in [0.4, 0.5) is 5.69 Å². The summed E-state index contributed by atoms with van der Waals surface area (Å²) in [5.74, 6) is -0.500. The molecule has 0 unspecified atom stereocenters. The van der Waals surface area contributed by atoms with Gasteiger partial charge in [-0.05, 0) is 79.1 Å². The minimum absolute atomic E-state index is 0.0211. The summed E-state index contributed by atoms with van der Waals surface area (Å²) in [5.41, 5.74) is 2.24. The molecule has 9 heteroatoms. The number of nitrogens with one attached hydrogen (secondary N) is 1. The number of nitriles is 1. The van der Waals surface area contributed by atoms with Crippen LogP contribution in [0, 0.1) is 18.3 Å². The third-order valence-corrected chi connectivity index (χ3v) is 6.47. The normalized spacial score (nSPS) is 11.3. The van der Waals surface area contributed by atoms with Gasteiger partial charge in [0.1, 0.15) is 16.5 Å². The maximum Gasteiger partial charge on any atom is 0.339 e. The van der Waals surface area contributed by atoms with Crippen LogP contribution in [0.1, 0.15) is 16.7 Å². The number of anilines is 1. The molecule has 184 valence electrons. The average Bonchev–Trinajstić information content (AvgIpc) is 2.84. The molecule has 0 aliphatic heterocycles. The highest BCUT2D eigenvalue weighted by Crippen LogP contribution is 2.36. The Morgan fingerprint density at radius 2 is 1.89 bits per heavy atom. The van der Waals surface area contributed by atoms with Gasteiger partial charge in [0, 0.05) is 16.3 Å². The molecule has 7 nitrogen and oxygen atoms in total. The molecule has 0 aliphatic carbocycles. The summed E-state index contributed by atoms with van der Waals surface area (Å²) in [6.45, 7) is 5.60. The van der Waals surface area contributed by atoms with Crippen LogP contribution in [-0.4, -0.2) is 21.4 Å². The Balaban J connectivity index is 1.99. The number of amides is 1. The second-order valence-corrected chi connectivity index (χ2v) is 9.67. The quantitative estimate of drug-likeness (QED) is 0.167. The van der Waals surface area contributed by atoms with Gasteiger partial charge < -0.3 is 14.2 Å². The van der Waals surface area contributed by atoms with E-state index in [0.717, 1.165) is 5.56 Å². The first-order chi connectivity index (χ1) is 17.2. The van der Waals surface area contributed by atoms with Crippen molar-refractivity contribution < 1.29 is 22.1 Å². The molecule has 0 radical (unpaired) electrons. The number of carbonyl (C=O) groups is 1. The number of carbonyl (C=O) groups excluding carboxylic acids is 1. The molecule has 36 heavy (non-hydrogen) atoms. The van der Waals surface area contributed by atoms with Crippen molar-refractivity contribution in [1.29, 1.82) is 5.26 Å². The SMILES string of the molecule is C=CCc1cc(/C=C(\C#N)C(=O)Nc2cccc(C)c2)cc(OC)c1OS(=O)(=O)c1ccc(Cl)cc1. The van der Waals surface area contributed by atoms with E-state index >= 15 is 0 Å². The molecule has 0 atom stereocenters. The first-order valence-electron chi connectivity index (χ1n) is 10.7. The van der Waals surface area contributed by atoms with Crippen LogP contribution in [0.2, 0.25) is 5.02 Å². The third-order valence-electron chi connectivity index (χ3n) is 4.99. The number of aryl methyl sites for hydroxylation is 1. The standard InChI is InChI=1S/C27H23ClN2O5S/c1-4-6-20-14-19(15-21(17-29)27(31)30-23-8-5-7-18(2)13-23)16-25(34-3)26(20)35-36(32,33)24-11-9-22(28)10-12-24/h4-5,7-16H,1,6H2,2-3H3,(H,30,31)/b21-15+. The number of methoxy groups -OCH3 is 1. The number of nitrogens with zero attached hydrogens (tertiary/aromatic N) is 1. The van der Waals surface area contributed by atoms with E-state index in [4.69, 9.17) is 20.5 Å². The fourth-order valence-electron chi connectivity index (χ4n) is 3.32. The highest BCUT2D eigenvalue weighted by molar-refractivity contribution is 7.87. The molecular weight excluding hydrogens is 500 g/mol. The maximum atomic E-state index is 12.9. The van der Waals surface area contributed by atoms with E-state index in [2.05, 4.69) is 11.9 Å². The molecule has 1 N–H and O–H groups in total. The molecule has 0 aliphatic rings. The average molecular weight is 523 g/mol. The summed E-state index contributed by atoms with van der Waals surface area (Å²) in [5, 5.41) is 12.7. The summed E-state index contributed by atoms with van der Waals surface area (Å²) >= 11 is 5.86. The Hall–Kier alpha value is -4.06. The summed E-state index contributed by atoms with van der Waals surface area (Å²) in [7, 11) is -2.84. The maximum absolute atomic E-state index is 12.9. The Kier molecular flexibility index (Phi) is 8.54. The Morgan fingerprint density at radius 3 is 2.50 bits per heavy atom. The fraction of sp³-hybridized carbons (Fsp3) is 0.111. The third kappa shape index (κ3) is 6.54. The molecule has 3 rings (SSSR count). The number of ether oxygens (including phenoxy) is 1. The van der Waals surface area contributed by atoms with E-state index in [1.54, 1.807) is 30.3 Å². The monoisotopic (exact) mass is 522 g/mol. The minimum atomic E-state index is -4.20. The Labute approximate surface area is 215 Å². The number of allylic oxidation sites excluding steroid dienone is 1. The van der Waals surface area contributed by atoms with E-state index in [1.807, 2.05) is 19.1 Å². The number of hydrogen-bond donors (Lipinski definition) is 1. The van der Waals surface area contributed by atoms with Crippen molar-refractivity contribution in [2.75, 3.05) is 12.4 Å². The molecule has 0 saturated heterocycles. The summed E-state index contributed by atoms with van der Waals surface area (Å²) in [6.07, 6.45) is 3.19. The number of halogens is 1. The fourth-order valence-corrected chi connectivity index (χ4v) is 4.42. The van der Waals surface area contributed by atoms with Crippen LogP contribution in [0.5, 0.6) is 11.5 Å². The van der Waals surface area contributed by atoms with Gasteiger partial charge in [-0.2, -0.15) is 13.7 Å². The van der Waals surface area contributed by atoms with Gasteiger partial charge in [-0.25, -0.2) is 0 Å². The minimum Gasteiger partial charge on any atom is -0.493 e. The zero-order valence-corrected chi connectivity index (χ0v) is 21.2. The topological polar surface area (TPSA) is 105 Å². The van der Waals surface area contributed by atoms with Gasteiger partial charge in [-0.15, -0.1) is 6.58 Å². The Morgan fingerprint density at radius 1 is 1.17 bits per heavy atom. The van der Waals surface area contributed by atoms with Gasteiger partial charge in [-0.3, -0.25) is 4.79 Å². The van der Waals surface area contributed by atoms with Crippen LogP contribution < -0.4 is 14.2 Å². The number of benzene rings is 3. The van der Waals surface area contributed by atoms with Crippen LogP contribution >= 0.6 is 11.6 Å². The number of rotatable bonds is 9. The van der Waals surface area contributed by atoms with E-state index in [1.165, 1.54) is 43.5 Å². The first-order valence-corrected chi connectivity index (χ1v) is 12.5. The molecule has 0 aromatic heterocycles. The lowest BCUT2D eigenvalue weighted by Crippen LogP contribution is -2.13. The lowest BCUT2D eigenvalue weighted by atomic mass is 10.0. The van der Waals surface area contributed by atoms with Crippen LogP contribution in [0.3, 0.4) is 0 Å². The van der Waals surface area contributed by atoms with Crippen molar-refractivity contribution in [3.63, 3.8) is 0 Å². The first kappa shape index (κ1) is 26.5. The largest absolute Gasteiger partial charge is 0.493 e. The molecule has 0 bridgehead atoms. The molecule has 0 saturated carbocycles. The second-order valence-electron chi connectivity index (χ2n) is 7.69. The molecule has 3 aromatic rings. The summed E-state index contributed by atoms with van der Waals surface area (Å²) in [4.78, 5) is 12.6. The van der Waals surface area contributed by atoms with Crippen molar-refractivity contribution in [2.45, 2.75) is 18.2 Å². The van der Waals surface area contributed by atoms with Gasteiger partial charge in [0.2, 0.25) is 0 Å². The zero-order valence-electron chi connectivity index (χ0n) is 19.6. The lowest BCUT2D eigenvalue weighted by molar-refractivity contribution is -0.112. The molecule has 1 amide bonds. The van der Waals surface area contributed by atoms with Crippen molar-refractivity contribution in [1.82, 2.24) is 0 Å². The molecule has 0 heterocycles. The van der Waals surface area contributed by atoms with Crippen LogP contribution in [0.15, 0.2) is 83.8 Å². The van der Waals surface area contributed by atoms with E-state index in [-0.39, 0.29) is 28.4 Å². The van der Waals surface area contributed by atoms with Gasteiger partial charge in [0.25, 0.3) is 5.91 Å². The van der Waals surface area contributed by atoms with E-state index < -0.39 is 16.0 Å². The molecule has 0 fully saturated rings. The smallest absolute Gasteiger partial charge is 0.339 e. The van der Waals surface area contributed by atoms with Crippen molar-refractivity contribution >= 4 is 39.4 Å². The van der Waals surface area contributed by atoms with E-state index in [0.29, 0.717) is 21.8 Å². The highest BCUT2D eigenvalue weighted by atomic mass is 35.5. The summed E-state index contributed by atoms with van der Waals surface area (Å²) < 4.78 is 36.6. The zero-order chi connectivity index (χ0) is 26.3. The second kappa shape index (κ2) is 11.6. The molecular formula is C27H23ClN2O5S. The van der Waals surface area contributed by atoms with Gasteiger partial charge in [0.05, 0.1) is 7.11 Å². The van der Waals surface area contributed by atoms with Crippen LogP contribution in [-0.2, 0) is 21.3 Å². The molecule has 0 spiro atoms. The van der Waals surface area contributed by atoms with E-state index in [9.17, 15) is 18.5 Å². The van der Waals surface area contributed by atoms with Crippen LogP contribution in [0.25, 0.3) is 6.08 Å². The predicted molar refractivity (Wildman–Crippen MR) is 140 cm³/mol. The highest BCUT2D eigenvalue weighted by Gasteiger charge is 2.22. The van der Waals surface area contributed by atoms with Gasteiger partial charge in [0.15, 0.2) is 11.5 Å². The van der Waals surface area contributed by atoms with Crippen molar-refractivity contribution in [2.24, 2.45) is 0 Å². The van der Waals surface area contributed by atoms with Crippen molar-refractivity contribution in [3.05, 3.63) is 101 Å². The van der Waals surface area contributed by atoms with Gasteiger partial charge >= 0.3 is 10.1 Å². The van der Waals surface area contributed by atoms with Crippen molar-refractivity contribution in [3.8, 4) is 17.6 Å².